The second-order valence-corrected chi connectivity index (χ2v) is 8.21. The van der Waals surface area contributed by atoms with Crippen LogP contribution in [0.5, 0.6) is 0 Å². The minimum Gasteiger partial charge on any atom is -0.298 e. The number of rotatable bonds is 6. The van der Waals surface area contributed by atoms with Crippen molar-refractivity contribution >= 4 is 11.8 Å². The molecule has 1 fully saturated rings. The number of likely N-dealkylation sites (tertiary alicyclic amines) is 1. The molecule has 0 radical (unpaired) electrons. The average Bonchev–Trinajstić information content (AvgIpc) is 3.03. The Balaban J connectivity index is 1.64. The summed E-state index contributed by atoms with van der Waals surface area (Å²) in [7, 11) is 0. The molecule has 0 spiro atoms. The highest BCUT2D eigenvalue weighted by Crippen LogP contribution is 2.29. The largest absolute Gasteiger partial charge is 0.298 e. The number of nitrogens with one attached hydrogen (secondary N) is 1. The van der Waals surface area contributed by atoms with Gasteiger partial charge < -0.3 is 0 Å². The number of thioether (sulfide) groups is 1. The third-order valence-electron chi connectivity index (χ3n) is 4.86. The summed E-state index contributed by atoms with van der Waals surface area (Å²) < 4.78 is 0. The van der Waals surface area contributed by atoms with E-state index in [4.69, 9.17) is 0 Å². The number of aromatic amines is 1. The van der Waals surface area contributed by atoms with E-state index < -0.39 is 0 Å². The lowest BCUT2D eigenvalue weighted by Crippen LogP contribution is -2.34. The molecule has 130 valence electrons. The van der Waals surface area contributed by atoms with E-state index >= 15 is 0 Å². The molecule has 24 heavy (non-hydrogen) atoms. The lowest BCUT2D eigenvalue weighted by Gasteiger charge is -2.32. The van der Waals surface area contributed by atoms with Crippen LogP contribution in [0.4, 0.5) is 0 Å². The van der Waals surface area contributed by atoms with Crippen LogP contribution in [0, 0.1) is 5.92 Å². The van der Waals surface area contributed by atoms with E-state index in [0.29, 0.717) is 11.8 Å². The maximum Gasteiger partial charge on any atom is 0.0522 e. The predicted octanol–water partition coefficient (Wildman–Crippen LogP) is 4.71. The quantitative estimate of drug-likeness (QED) is 0.771. The molecule has 0 amide bonds. The zero-order valence-corrected chi connectivity index (χ0v) is 15.9. The Bertz CT molecular complexity index is 633. The number of nitrogens with zero attached hydrogens (tertiary/aromatic N) is 2. The molecule has 4 heteroatoms. The summed E-state index contributed by atoms with van der Waals surface area (Å²) in [6.45, 7) is 7.95. The molecule has 2 aromatic rings. The van der Waals surface area contributed by atoms with Gasteiger partial charge in [0.25, 0.3) is 0 Å². The summed E-state index contributed by atoms with van der Waals surface area (Å²) in [5.74, 6) is 1.27. The second kappa shape index (κ2) is 8.21. The van der Waals surface area contributed by atoms with Crippen molar-refractivity contribution in [1.82, 2.24) is 15.1 Å². The van der Waals surface area contributed by atoms with Crippen molar-refractivity contribution in [3.8, 4) is 0 Å². The fraction of sp³-hybridized carbons (Fsp3) is 0.550. The Labute approximate surface area is 150 Å². The molecule has 0 bridgehead atoms. The van der Waals surface area contributed by atoms with Gasteiger partial charge in [0.1, 0.15) is 0 Å². The fourth-order valence-corrected chi connectivity index (χ4v) is 4.11. The zero-order chi connectivity index (χ0) is 16.9. The first-order valence-electron chi connectivity index (χ1n) is 9.03. The highest BCUT2D eigenvalue weighted by atomic mass is 32.2. The molecule has 1 aliphatic heterocycles. The highest BCUT2D eigenvalue weighted by Gasteiger charge is 2.24. The Morgan fingerprint density at radius 1 is 1.29 bits per heavy atom. The summed E-state index contributed by atoms with van der Waals surface area (Å²) in [6.07, 6.45) is 7.83. The van der Waals surface area contributed by atoms with Gasteiger partial charge in [0.05, 0.1) is 6.20 Å². The molecule has 1 aromatic carbocycles. The summed E-state index contributed by atoms with van der Waals surface area (Å²) >= 11 is 1.80. The third kappa shape index (κ3) is 4.42. The van der Waals surface area contributed by atoms with E-state index in [1.807, 2.05) is 6.20 Å². The molecule has 3 nitrogen and oxygen atoms in total. The summed E-state index contributed by atoms with van der Waals surface area (Å²) in [5, 5.41) is 7.63. The summed E-state index contributed by atoms with van der Waals surface area (Å²) in [6, 6.07) is 9.01. The summed E-state index contributed by atoms with van der Waals surface area (Å²) in [4.78, 5) is 3.94. The first-order chi connectivity index (χ1) is 11.7. The van der Waals surface area contributed by atoms with Crippen LogP contribution in [0.15, 0.2) is 35.4 Å². The molecular formula is C20H29N3S. The lowest BCUT2D eigenvalue weighted by atomic mass is 9.90. The Hall–Kier alpha value is -1.26. The van der Waals surface area contributed by atoms with Crippen LogP contribution in [0.1, 0.15) is 49.4 Å². The minimum atomic E-state index is 0.598. The van der Waals surface area contributed by atoms with Crippen LogP contribution < -0.4 is 0 Å². The van der Waals surface area contributed by atoms with Crippen molar-refractivity contribution < 1.29 is 0 Å². The zero-order valence-electron chi connectivity index (χ0n) is 15.1. The van der Waals surface area contributed by atoms with E-state index in [9.17, 15) is 0 Å². The van der Waals surface area contributed by atoms with Gasteiger partial charge in [-0.3, -0.25) is 10.00 Å². The second-order valence-electron chi connectivity index (χ2n) is 7.33. The molecule has 0 unspecified atom stereocenters. The van der Waals surface area contributed by atoms with Gasteiger partial charge in [-0.05, 0) is 61.2 Å². The molecule has 1 saturated heterocycles. The van der Waals surface area contributed by atoms with Crippen LogP contribution in [-0.2, 0) is 13.0 Å². The van der Waals surface area contributed by atoms with Crippen LogP contribution in [-0.4, -0.2) is 34.4 Å². The van der Waals surface area contributed by atoms with Crippen molar-refractivity contribution in [2.75, 3.05) is 19.3 Å². The van der Waals surface area contributed by atoms with Crippen LogP contribution in [0.3, 0.4) is 0 Å². The third-order valence-corrected chi connectivity index (χ3v) is 5.60. The van der Waals surface area contributed by atoms with Gasteiger partial charge in [-0.25, -0.2) is 0 Å². The maximum atomic E-state index is 4.33. The number of benzene rings is 1. The van der Waals surface area contributed by atoms with Gasteiger partial charge >= 0.3 is 0 Å². The topological polar surface area (TPSA) is 31.9 Å². The van der Waals surface area contributed by atoms with Crippen molar-refractivity contribution in [3.05, 3.63) is 47.3 Å². The molecule has 1 aliphatic rings. The summed E-state index contributed by atoms with van der Waals surface area (Å²) in [5.41, 5.74) is 4.22. The fourth-order valence-electron chi connectivity index (χ4n) is 3.70. The normalized spacial score (nSPS) is 19.1. The van der Waals surface area contributed by atoms with Crippen LogP contribution in [0.25, 0.3) is 0 Å². The van der Waals surface area contributed by atoms with Gasteiger partial charge in [-0.15, -0.1) is 11.8 Å². The van der Waals surface area contributed by atoms with E-state index in [1.165, 1.54) is 41.1 Å². The molecule has 1 N–H and O–H groups in total. The Morgan fingerprint density at radius 3 is 2.79 bits per heavy atom. The number of aromatic nitrogens is 2. The lowest BCUT2D eigenvalue weighted by molar-refractivity contribution is 0.198. The number of piperidine rings is 1. The van der Waals surface area contributed by atoms with Crippen molar-refractivity contribution in [1.29, 1.82) is 0 Å². The van der Waals surface area contributed by atoms with Crippen LogP contribution >= 0.6 is 11.8 Å². The smallest absolute Gasteiger partial charge is 0.0522 e. The molecule has 0 saturated carbocycles. The number of hydrogen-bond acceptors (Lipinski definition) is 3. The first kappa shape index (κ1) is 17.6. The molecule has 1 atom stereocenters. The van der Waals surface area contributed by atoms with E-state index in [0.717, 1.165) is 19.5 Å². The minimum absolute atomic E-state index is 0.598. The van der Waals surface area contributed by atoms with Crippen LogP contribution in [0.2, 0.25) is 0 Å². The molecular weight excluding hydrogens is 314 g/mol. The molecule has 1 aromatic heterocycles. The van der Waals surface area contributed by atoms with Gasteiger partial charge in [0, 0.05) is 29.6 Å². The predicted molar refractivity (Wildman–Crippen MR) is 103 cm³/mol. The number of hydrogen-bond donors (Lipinski definition) is 1. The van der Waals surface area contributed by atoms with Crippen molar-refractivity contribution in [2.24, 2.45) is 5.92 Å². The van der Waals surface area contributed by atoms with Gasteiger partial charge in [-0.2, -0.15) is 5.10 Å². The van der Waals surface area contributed by atoms with E-state index in [1.54, 1.807) is 11.8 Å². The van der Waals surface area contributed by atoms with Gasteiger partial charge in [-0.1, -0.05) is 26.0 Å². The van der Waals surface area contributed by atoms with E-state index in [2.05, 4.69) is 59.5 Å². The highest BCUT2D eigenvalue weighted by molar-refractivity contribution is 7.98. The Kier molecular flexibility index (Phi) is 6.01. The average molecular weight is 344 g/mol. The monoisotopic (exact) mass is 343 g/mol. The van der Waals surface area contributed by atoms with Crippen molar-refractivity contribution in [2.45, 2.75) is 50.5 Å². The maximum absolute atomic E-state index is 4.33. The Morgan fingerprint density at radius 2 is 2.08 bits per heavy atom. The number of H-pyrrole nitrogens is 1. The SMILES string of the molecule is CSc1ccc(CN2CCC[C@@H](c3[nH]ncc3CC(C)C)C2)cc1. The van der Waals surface area contributed by atoms with Gasteiger partial charge in [0.15, 0.2) is 0 Å². The molecule has 3 rings (SSSR count). The van der Waals surface area contributed by atoms with Crippen molar-refractivity contribution in [3.63, 3.8) is 0 Å². The molecule has 2 heterocycles. The van der Waals surface area contributed by atoms with Gasteiger partial charge in [0.2, 0.25) is 0 Å². The first-order valence-corrected chi connectivity index (χ1v) is 10.3. The molecule has 0 aliphatic carbocycles. The van der Waals surface area contributed by atoms with E-state index in [-0.39, 0.29) is 0 Å². The standard InChI is InChI=1S/C20H29N3S/c1-15(2)11-18-12-21-22-20(18)17-5-4-10-23(14-17)13-16-6-8-19(24-3)9-7-16/h6-9,12,15,17H,4-5,10-11,13-14H2,1-3H3,(H,21,22)/t17-/m1/s1.